The van der Waals surface area contributed by atoms with Crippen LogP contribution in [0.5, 0.6) is 0 Å². The number of nitrogens with one attached hydrogen (secondary N) is 1. The Balaban J connectivity index is 1.82. The number of hydrogen-bond donors (Lipinski definition) is 2. The number of anilines is 2. The largest absolute Gasteiger partial charge is 0.368 e. The second kappa shape index (κ2) is 5.24. The fourth-order valence-electron chi connectivity index (χ4n) is 3.50. The SMILES string of the molecule is CNC1CCN(c2nc(N)nc3c4c(sc23)CCC(F)(F)C4)C1. The van der Waals surface area contributed by atoms with Crippen LogP contribution in [0.2, 0.25) is 0 Å². The van der Waals surface area contributed by atoms with Crippen molar-refractivity contribution in [2.45, 2.75) is 37.6 Å². The molecule has 0 aromatic carbocycles. The summed E-state index contributed by atoms with van der Waals surface area (Å²) < 4.78 is 28.5. The van der Waals surface area contributed by atoms with E-state index in [0.29, 0.717) is 23.5 Å². The zero-order valence-electron chi connectivity index (χ0n) is 12.9. The van der Waals surface area contributed by atoms with E-state index in [1.165, 1.54) is 0 Å². The smallest absolute Gasteiger partial charge is 0.252 e. The van der Waals surface area contributed by atoms with E-state index < -0.39 is 5.92 Å². The van der Waals surface area contributed by atoms with E-state index in [1.807, 2.05) is 7.05 Å². The highest BCUT2D eigenvalue weighted by molar-refractivity contribution is 7.19. The number of aryl methyl sites for hydroxylation is 1. The molecule has 1 unspecified atom stereocenters. The highest BCUT2D eigenvalue weighted by Gasteiger charge is 2.37. The highest BCUT2D eigenvalue weighted by Crippen LogP contribution is 2.43. The summed E-state index contributed by atoms with van der Waals surface area (Å²) in [6.45, 7) is 1.73. The van der Waals surface area contributed by atoms with Crippen LogP contribution in [0.4, 0.5) is 20.5 Å². The Labute approximate surface area is 136 Å². The van der Waals surface area contributed by atoms with Gasteiger partial charge in [0.1, 0.15) is 0 Å². The summed E-state index contributed by atoms with van der Waals surface area (Å²) in [5, 5.41) is 3.27. The van der Waals surface area contributed by atoms with E-state index >= 15 is 0 Å². The molecule has 3 N–H and O–H groups in total. The van der Waals surface area contributed by atoms with E-state index in [-0.39, 0.29) is 18.8 Å². The number of alkyl halides is 2. The Hall–Kier alpha value is -1.54. The fourth-order valence-corrected chi connectivity index (χ4v) is 4.78. The number of nitrogens with zero attached hydrogens (tertiary/aromatic N) is 3. The summed E-state index contributed by atoms with van der Waals surface area (Å²) in [4.78, 5) is 11.9. The number of rotatable bonds is 2. The van der Waals surface area contributed by atoms with Crippen LogP contribution in [0.1, 0.15) is 23.3 Å². The van der Waals surface area contributed by atoms with E-state index in [4.69, 9.17) is 5.73 Å². The van der Waals surface area contributed by atoms with Gasteiger partial charge in [0.2, 0.25) is 5.95 Å². The molecule has 5 nitrogen and oxygen atoms in total. The van der Waals surface area contributed by atoms with Crippen molar-refractivity contribution in [2.24, 2.45) is 0 Å². The maximum atomic E-state index is 13.8. The lowest BCUT2D eigenvalue weighted by atomic mass is 9.95. The van der Waals surface area contributed by atoms with Crippen molar-refractivity contribution in [3.05, 3.63) is 10.4 Å². The first-order valence-electron chi connectivity index (χ1n) is 7.84. The van der Waals surface area contributed by atoms with Crippen LogP contribution in [-0.4, -0.2) is 42.1 Å². The van der Waals surface area contributed by atoms with Crippen molar-refractivity contribution >= 4 is 33.3 Å². The molecule has 0 saturated carbocycles. The summed E-state index contributed by atoms with van der Waals surface area (Å²) in [7, 11) is 1.95. The van der Waals surface area contributed by atoms with Crippen molar-refractivity contribution in [1.82, 2.24) is 15.3 Å². The summed E-state index contributed by atoms with van der Waals surface area (Å²) in [5.74, 6) is -1.69. The summed E-state index contributed by atoms with van der Waals surface area (Å²) in [6, 6.07) is 0.417. The molecule has 124 valence electrons. The molecule has 1 saturated heterocycles. The predicted octanol–water partition coefficient (Wildman–Crippen LogP) is 2.20. The topological polar surface area (TPSA) is 67.1 Å². The molecule has 8 heteroatoms. The number of hydrogen-bond acceptors (Lipinski definition) is 6. The molecule has 1 atom stereocenters. The van der Waals surface area contributed by atoms with Crippen LogP contribution < -0.4 is 16.0 Å². The van der Waals surface area contributed by atoms with Crippen molar-refractivity contribution in [3.63, 3.8) is 0 Å². The Kier molecular flexibility index (Phi) is 3.42. The molecular formula is C15H19F2N5S. The first-order chi connectivity index (χ1) is 11.0. The highest BCUT2D eigenvalue weighted by atomic mass is 32.1. The van der Waals surface area contributed by atoms with Crippen molar-refractivity contribution in [1.29, 1.82) is 0 Å². The molecule has 0 amide bonds. The molecule has 0 bridgehead atoms. The van der Waals surface area contributed by atoms with Gasteiger partial charge in [-0.1, -0.05) is 0 Å². The normalized spacial score (nSPS) is 23.4. The molecule has 2 aromatic heterocycles. The van der Waals surface area contributed by atoms with Crippen LogP contribution in [0.15, 0.2) is 0 Å². The minimum Gasteiger partial charge on any atom is -0.368 e. The van der Waals surface area contributed by atoms with Crippen LogP contribution >= 0.6 is 11.3 Å². The van der Waals surface area contributed by atoms with E-state index in [2.05, 4.69) is 20.2 Å². The van der Waals surface area contributed by atoms with Crippen LogP contribution in [0, 0.1) is 0 Å². The Morgan fingerprint density at radius 3 is 2.96 bits per heavy atom. The molecule has 2 aliphatic rings. The van der Waals surface area contributed by atoms with Crippen molar-refractivity contribution < 1.29 is 8.78 Å². The molecule has 3 heterocycles. The standard InChI is InChI=1S/C15H19F2N5S/c1-19-8-3-5-22(7-8)13-12-11(20-14(18)21-13)9-6-15(16,17)4-2-10(9)23-12/h8,19H,2-7H2,1H3,(H2,18,20,21). The molecule has 0 radical (unpaired) electrons. The number of halogens is 2. The lowest BCUT2D eigenvalue weighted by Crippen LogP contribution is -2.30. The number of aromatic nitrogens is 2. The Morgan fingerprint density at radius 2 is 2.22 bits per heavy atom. The zero-order valence-corrected chi connectivity index (χ0v) is 13.7. The van der Waals surface area contributed by atoms with Gasteiger partial charge in [-0.25, -0.2) is 13.8 Å². The molecule has 23 heavy (non-hydrogen) atoms. The molecule has 2 aromatic rings. The monoisotopic (exact) mass is 339 g/mol. The quantitative estimate of drug-likeness (QED) is 0.878. The van der Waals surface area contributed by atoms with E-state index in [9.17, 15) is 8.78 Å². The third-order valence-corrected chi connectivity index (χ3v) is 6.04. The zero-order chi connectivity index (χ0) is 16.2. The Bertz CT molecular complexity index is 760. The first kappa shape index (κ1) is 15.0. The van der Waals surface area contributed by atoms with Crippen LogP contribution in [0.3, 0.4) is 0 Å². The number of thiophene rings is 1. The lowest BCUT2D eigenvalue weighted by molar-refractivity contribution is -0.0113. The molecule has 1 fully saturated rings. The fraction of sp³-hybridized carbons (Fsp3) is 0.600. The van der Waals surface area contributed by atoms with Crippen LogP contribution in [0.25, 0.3) is 10.2 Å². The number of likely N-dealkylation sites (N-methyl/N-ethyl adjacent to an activating group) is 1. The number of nitrogens with two attached hydrogens (primary N) is 1. The maximum absolute atomic E-state index is 13.8. The van der Waals surface area contributed by atoms with Gasteiger partial charge in [0.15, 0.2) is 5.82 Å². The molecule has 4 rings (SSSR count). The van der Waals surface area contributed by atoms with Gasteiger partial charge >= 0.3 is 0 Å². The van der Waals surface area contributed by atoms with Gasteiger partial charge in [0.05, 0.1) is 10.2 Å². The van der Waals surface area contributed by atoms with Gasteiger partial charge in [0.25, 0.3) is 5.92 Å². The molecule has 1 aliphatic heterocycles. The third kappa shape index (κ3) is 2.53. The molecular weight excluding hydrogens is 320 g/mol. The number of nitrogen functional groups attached to an aromatic ring is 1. The summed E-state index contributed by atoms with van der Waals surface area (Å²) in [5.41, 5.74) is 7.16. The summed E-state index contributed by atoms with van der Waals surface area (Å²) >= 11 is 1.56. The molecule has 0 spiro atoms. The van der Waals surface area contributed by atoms with E-state index in [1.54, 1.807) is 11.3 Å². The van der Waals surface area contributed by atoms with Gasteiger partial charge in [0, 0.05) is 36.9 Å². The third-order valence-electron chi connectivity index (χ3n) is 4.76. The van der Waals surface area contributed by atoms with E-state index in [0.717, 1.165) is 34.9 Å². The second-order valence-corrected chi connectivity index (χ2v) is 7.45. The Morgan fingerprint density at radius 1 is 1.39 bits per heavy atom. The summed E-state index contributed by atoms with van der Waals surface area (Å²) in [6.07, 6.45) is 1.11. The lowest BCUT2D eigenvalue weighted by Gasteiger charge is -2.21. The van der Waals surface area contributed by atoms with Crippen molar-refractivity contribution in [2.75, 3.05) is 30.8 Å². The van der Waals surface area contributed by atoms with Crippen molar-refractivity contribution in [3.8, 4) is 0 Å². The van der Waals surface area contributed by atoms with Gasteiger partial charge in [-0.05, 0) is 25.5 Å². The minimum absolute atomic E-state index is 0.0867. The minimum atomic E-state index is -2.65. The average Bonchev–Trinajstić information content (AvgIpc) is 3.10. The second-order valence-electron chi connectivity index (χ2n) is 6.34. The van der Waals surface area contributed by atoms with Gasteiger partial charge < -0.3 is 16.0 Å². The maximum Gasteiger partial charge on any atom is 0.252 e. The van der Waals surface area contributed by atoms with Gasteiger partial charge in [-0.2, -0.15) is 4.98 Å². The molecule has 1 aliphatic carbocycles. The van der Waals surface area contributed by atoms with Gasteiger partial charge in [-0.15, -0.1) is 11.3 Å². The predicted molar refractivity (Wildman–Crippen MR) is 88.5 cm³/mol. The van der Waals surface area contributed by atoms with Crippen LogP contribution in [-0.2, 0) is 12.8 Å². The average molecular weight is 339 g/mol. The first-order valence-corrected chi connectivity index (χ1v) is 8.66. The van der Waals surface area contributed by atoms with Gasteiger partial charge in [-0.3, -0.25) is 0 Å². The number of fused-ring (bicyclic) bond motifs is 3.